The molecule has 5 heteroatoms. The molecule has 3 rings (SSSR count). The van der Waals surface area contributed by atoms with Gasteiger partial charge in [-0.3, -0.25) is 0 Å². The summed E-state index contributed by atoms with van der Waals surface area (Å²) in [5, 5.41) is 3.38. The SMILES string of the molecule is Cc1cc(Nc2ccccc2C)nc(N2CCOCC2)n1. The van der Waals surface area contributed by atoms with Crippen LogP contribution in [0.3, 0.4) is 0 Å². The second-order valence-corrected chi connectivity index (χ2v) is 5.23. The predicted octanol–water partition coefficient (Wildman–Crippen LogP) is 2.67. The molecule has 0 bridgehead atoms. The summed E-state index contributed by atoms with van der Waals surface area (Å²) in [6.45, 7) is 7.23. The smallest absolute Gasteiger partial charge is 0.227 e. The maximum absolute atomic E-state index is 5.38. The standard InChI is InChI=1S/C16H20N4O/c1-12-5-3-4-6-14(12)18-15-11-13(2)17-16(19-15)20-7-9-21-10-8-20/h3-6,11H,7-10H2,1-2H3,(H,17,18,19). The monoisotopic (exact) mass is 284 g/mol. The first-order valence-corrected chi connectivity index (χ1v) is 7.23. The van der Waals surface area contributed by atoms with Crippen LogP contribution < -0.4 is 10.2 Å². The number of hydrogen-bond donors (Lipinski definition) is 1. The quantitative estimate of drug-likeness (QED) is 0.939. The molecule has 1 fully saturated rings. The van der Waals surface area contributed by atoms with Crippen molar-refractivity contribution >= 4 is 17.5 Å². The maximum atomic E-state index is 5.38. The zero-order valence-corrected chi connectivity index (χ0v) is 12.5. The lowest BCUT2D eigenvalue weighted by Crippen LogP contribution is -2.37. The minimum absolute atomic E-state index is 0.734. The van der Waals surface area contributed by atoms with Crippen LogP contribution in [0.2, 0.25) is 0 Å². The van der Waals surface area contributed by atoms with Crippen molar-refractivity contribution in [2.75, 3.05) is 36.5 Å². The summed E-state index contributed by atoms with van der Waals surface area (Å²) in [5.41, 5.74) is 3.23. The van der Waals surface area contributed by atoms with Gasteiger partial charge in [-0.1, -0.05) is 18.2 Å². The number of rotatable bonds is 3. The zero-order chi connectivity index (χ0) is 14.7. The van der Waals surface area contributed by atoms with Crippen LogP contribution in [-0.4, -0.2) is 36.3 Å². The van der Waals surface area contributed by atoms with Gasteiger partial charge >= 0.3 is 0 Å². The normalized spacial score (nSPS) is 15.0. The maximum Gasteiger partial charge on any atom is 0.227 e. The fraction of sp³-hybridized carbons (Fsp3) is 0.375. The average Bonchev–Trinajstić information content (AvgIpc) is 2.50. The summed E-state index contributed by atoms with van der Waals surface area (Å²) >= 11 is 0. The Hall–Kier alpha value is -2.14. The Morgan fingerprint density at radius 3 is 2.62 bits per heavy atom. The molecule has 0 spiro atoms. The Balaban J connectivity index is 1.85. The fourth-order valence-corrected chi connectivity index (χ4v) is 2.37. The number of aromatic nitrogens is 2. The molecule has 1 saturated heterocycles. The third-order valence-corrected chi connectivity index (χ3v) is 3.54. The van der Waals surface area contributed by atoms with Gasteiger partial charge in [0.1, 0.15) is 5.82 Å². The van der Waals surface area contributed by atoms with E-state index in [0.29, 0.717) is 0 Å². The van der Waals surface area contributed by atoms with Crippen LogP contribution in [0, 0.1) is 13.8 Å². The van der Waals surface area contributed by atoms with Crippen LogP contribution in [-0.2, 0) is 4.74 Å². The molecule has 1 N–H and O–H groups in total. The molecule has 0 saturated carbocycles. The lowest BCUT2D eigenvalue weighted by molar-refractivity contribution is 0.122. The molecule has 0 amide bonds. The van der Waals surface area contributed by atoms with E-state index in [-0.39, 0.29) is 0 Å². The van der Waals surface area contributed by atoms with Crippen molar-refractivity contribution in [3.63, 3.8) is 0 Å². The van der Waals surface area contributed by atoms with Gasteiger partial charge < -0.3 is 15.0 Å². The van der Waals surface area contributed by atoms with E-state index in [1.54, 1.807) is 0 Å². The lowest BCUT2D eigenvalue weighted by Gasteiger charge is -2.27. The van der Waals surface area contributed by atoms with Crippen LogP contribution in [0.5, 0.6) is 0 Å². The first-order valence-electron chi connectivity index (χ1n) is 7.23. The van der Waals surface area contributed by atoms with E-state index in [9.17, 15) is 0 Å². The first-order chi connectivity index (χ1) is 10.2. The van der Waals surface area contributed by atoms with Crippen LogP contribution >= 0.6 is 0 Å². The van der Waals surface area contributed by atoms with E-state index in [1.807, 2.05) is 25.1 Å². The number of anilines is 3. The summed E-state index contributed by atoms with van der Waals surface area (Å²) in [6, 6.07) is 10.2. The van der Waals surface area contributed by atoms with Gasteiger partial charge in [0.05, 0.1) is 13.2 Å². The second kappa shape index (κ2) is 6.10. The van der Waals surface area contributed by atoms with E-state index in [0.717, 1.165) is 49.5 Å². The van der Waals surface area contributed by atoms with Crippen molar-refractivity contribution in [1.82, 2.24) is 9.97 Å². The Bertz CT molecular complexity index is 623. The van der Waals surface area contributed by atoms with Crippen molar-refractivity contribution in [3.05, 3.63) is 41.6 Å². The number of morpholine rings is 1. The minimum atomic E-state index is 0.734. The number of para-hydroxylation sites is 1. The van der Waals surface area contributed by atoms with Gasteiger partial charge in [-0.25, -0.2) is 4.98 Å². The molecule has 2 aromatic rings. The Morgan fingerprint density at radius 1 is 1.10 bits per heavy atom. The summed E-state index contributed by atoms with van der Waals surface area (Å²) in [7, 11) is 0. The molecular weight excluding hydrogens is 264 g/mol. The largest absolute Gasteiger partial charge is 0.378 e. The molecule has 0 unspecified atom stereocenters. The lowest BCUT2D eigenvalue weighted by atomic mass is 10.2. The van der Waals surface area contributed by atoms with Crippen molar-refractivity contribution in [3.8, 4) is 0 Å². The van der Waals surface area contributed by atoms with Crippen LogP contribution in [0.4, 0.5) is 17.5 Å². The fourth-order valence-electron chi connectivity index (χ4n) is 2.37. The Kier molecular flexibility index (Phi) is 4.01. The molecule has 5 nitrogen and oxygen atoms in total. The highest BCUT2D eigenvalue weighted by atomic mass is 16.5. The van der Waals surface area contributed by atoms with E-state index < -0.39 is 0 Å². The van der Waals surface area contributed by atoms with Crippen molar-refractivity contribution < 1.29 is 4.74 Å². The van der Waals surface area contributed by atoms with Crippen LogP contribution in [0.15, 0.2) is 30.3 Å². The van der Waals surface area contributed by atoms with Crippen molar-refractivity contribution in [2.45, 2.75) is 13.8 Å². The van der Waals surface area contributed by atoms with Gasteiger partial charge in [-0.15, -0.1) is 0 Å². The first kappa shape index (κ1) is 13.8. The molecule has 1 aliphatic heterocycles. The van der Waals surface area contributed by atoms with Crippen LogP contribution in [0.1, 0.15) is 11.3 Å². The molecular formula is C16H20N4O. The second-order valence-electron chi connectivity index (χ2n) is 5.23. The molecule has 2 heterocycles. The third kappa shape index (κ3) is 3.31. The summed E-state index contributed by atoms with van der Waals surface area (Å²) in [4.78, 5) is 11.3. The topological polar surface area (TPSA) is 50.3 Å². The highest BCUT2D eigenvalue weighted by molar-refractivity contribution is 5.61. The van der Waals surface area contributed by atoms with Crippen molar-refractivity contribution in [1.29, 1.82) is 0 Å². The zero-order valence-electron chi connectivity index (χ0n) is 12.5. The number of nitrogens with one attached hydrogen (secondary N) is 1. The number of nitrogens with zero attached hydrogens (tertiary/aromatic N) is 3. The molecule has 110 valence electrons. The Morgan fingerprint density at radius 2 is 1.86 bits per heavy atom. The summed E-state index contributed by atoms with van der Waals surface area (Å²) in [5.74, 6) is 1.60. The highest BCUT2D eigenvalue weighted by Crippen LogP contribution is 2.21. The average molecular weight is 284 g/mol. The number of hydrogen-bond acceptors (Lipinski definition) is 5. The summed E-state index contributed by atoms with van der Waals surface area (Å²) in [6.07, 6.45) is 0. The third-order valence-electron chi connectivity index (χ3n) is 3.54. The van der Waals surface area contributed by atoms with Gasteiger partial charge in [0.15, 0.2) is 0 Å². The van der Waals surface area contributed by atoms with Gasteiger partial charge in [0.2, 0.25) is 5.95 Å². The van der Waals surface area contributed by atoms with Gasteiger partial charge in [0, 0.05) is 30.5 Å². The van der Waals surface area contributed by atoms with Gasteiger partial charge in [-0.2, -0.15) is 4.98 Å². The van der Waals surface area contributed by atoms with Gasteiger partial charge in [-0.05, 0) is 25.5 Å². The molecule has 0 atom stereocenters. The molecule has 21 heavy (non-hydrogen) atoms. The van der Waals surface area contributed by atoms with Crippen molar-refractivity contribution in [2.24, 2.45) is 0 Å². The van der Waals surface area contributed by atoms with E-state index in [4.69, 9.17) is 4.74 Å². The van der Waals surface area contributed by atoms with E-state index in [1.165, 1.54) is 5.56 Å². The number of benzene rings is 1. The van der Waals surface area contributed by atoms with Crippen LogP contribution in [0.25, 0.3) is 0 Å². The predicted molar refractivity (Wildman–Crippen MR) is 84.3 cm³/mol. The Labute approximate surface area is 125 Å². The van der Waals surface area contributed by atoms with E-state index in [2.05, 4.69) is 39.2 Å². The molecule has 0 radical (unpaired) electrons. The molecule has 0 aliphatic carbocycles. The number of ether oxygens (including phenoxy) is 1. The van der Waals surface area contributed by atoms with E-state index >= 15 is 0 Å². The molecule has 1 aromatic carbocycles. The number of aryl methyl sites for hydroxylation is 2. The molecule has 1 aromatic heterocycles. The highest BCUT2D eigenvalue weighted by Gasteiger charge is 2.15. The van der Waals surface area contributed by atoms with Gasteiger partial charge in [0.25, 0.3) is 0 Å². The molecule has 1 aliphatic rings. The summed E-state index contributed by atoms with van der Waals surface area (Å²) < 4.78 is 5.38. The minimum Gasteiger partial charge on any atom is -0.378 e.